The van der Waals surface area contributed by atoms with Gasteiger partial charge in [-0.2, -0.15) is 0 Å². The molecule has 1 aromatic rings. The van der Waals surface area contributed by atoms with Crippen molar-refractivity contribution in [2.24, 2.45) is 11.7 Å². The van der Waals surface area contributed by atoms with Crippen molar-refractivity contribution in [3.63, 3.8) is 0 Å². The highest BCUT2D eigenvalue weighted by molar-refractivity contribution is 7.89. The van der Waals surface area contributed by atoms with Gasteiger partial charge in [-0.15, -0.1) is 12.4 Å². The summed E-state index contributed by atoms with van der Waals surface area (Å²) in [7, 11) is -3.54. The molecule has 1 aliphatic rings. The average molecular weight is 390 g/mol. The van der Waals surface area contributed by atoms with E-state index in [4.69, 9.17) is 5.73 Å². The summed E-state index contributed by atoms with van der Waals surface area (Å²) in [5.74, 6) is 0.249. The van der Waals surface area contributed by atoms with Crippen molar-refractivity contribution in [3.05, 3.63) is 29.8 Å². The first-order valence-corrected chi connectivity index (χ1v) is 9.86. The molecular weight excluding hydrogens is 362 g/mol. The van der Waals surface area contributed by atoms with Gasteiger partial charge in [0.25, 0.3) is 5.91 Å². The van der Waals surface area contributed by atoms with E-state index in [-0.39, 0.29) is 35.3 Å². The van der Waals surface area contributed by atoms with E-state index in [9.17, 15) is 13.2 Å². The Morgan fingerprint density at radius 1 is 1.24 bits per heavy atom. The van der Waals surface area contributed by atoms with Crippen LogP contribution in [0.3, 0.4) is 0 Å². The molecule has 0 bridgehead atoms. The number of carbonyl (C=O) groups is 1. The van der Waals surface area contributed by atoms with Gasteiger partial charge in [-0.3, -0.25) is 4.79 Å². The van der Waals surface area contributed by atoms with E-state index in [1.807, 2.05) is 11.8 Å². The molecule has 1 amide bonds. The van der Waals surface area contributed by atoms with Crippen LogP contribution in [-0.2, 0) is 10.0 Å². The smallest absolute Gasteiger partial charge is 0.253 e. The van der Waals surface area contributed by atoms with Crippen LogP contribution in [0.5, 0.6) is 0 Å². The molecule has 2 unspecified atom stereocenters. The van der Waals surface area contributed by atoms with Gasteiger partial charge in [-0.1, -0.05) is 0 Å². The molecule has 1 fully saturated rings. The Labute approximate surface area is 156 Å². The third kappa shape index (κ3) is 5.67. The standard InChI is InChI=1S/C17H27N3O3S.ClH/c1-12(2)19-24(22,23)16-8-6-14(7-9-16)17(21)20-10-4-5-15(11-20)13(3)18;/h6-9,12-13,15,19H,4-5,10-11,18H2,1-3H3;1H. The normalized spacial score (nSPS) is 19.4. The number of piperidine rings is 1. The monoisotopic (exact) mass is 389 g/mol. The Hall–Kier alpha value is -1.15. The third-order valence-electron chi connectivity index (χ3n) is 4.29. The molecule has 6 nitrogen and oxygen atoms in total. The summed E-state index contributed by atoms with van der Waals surface area (Å²) in [6.07, 6.45) is 1.99. The van der Waals surface area contributed by atoms with Gasteiger partial charge in [0.2, 0.25) is 10.0 Å². The summed E-state index contributed by atoms with van der Waals surface area (Å²) in [5, 5.41) is 0. The van der Waals surface area contributed by atoms with Gasteiger partial charge in [0, 0.05) is 30.7 Å². The second kappa shape index (κ2) is 8.98. The van der Waals surface area contributed by atoms with Crippen molar-refractivity contribution in [1.82, 2.24) is 9.62 Å². The Balaban J connectivity index is 0.00000312. The van der Waals surface area contributed by atoms with E-state index in [1.54, 1.807) is 26.0 Å². The van der Waals surface area contributed by atoms with Crippen LogP contribution in [0, 0.1) is 5.92 Å². The van der Waals surface area contributed by atoms with Crippen LogP contribution in [0.4, 0.5) is 0 Å². The largest absolute Gasteiger partial charge is 0.338 e. The van der Waals surface area contributed by atoms with Crippen molar-refractivity contribution in [2.75, 3.05) is 13.1 Å². The number of nitrogens with one attached hydrogen (secondary N) is 1. The van der Waals surface area contributed by atoms with Crippen LogP contribution in [-0.4, -0.2) is 44.4 Å². The minimum atomic E-state index is -3.54. The van der Waals surface area contributed by atoms with Gasteiger partial charge in [0.1, 0.15) is 0 Å². The molecule has 1 aromatic carbocycles. The zero-order chi connectivity index (χ0) is 17.9. The number of rotatable bonds is 5. The summed E-state index contributed by atoms with van der Waals surface area (Å²) in [4.78, 5) is 14.6. The number of amides is 1. The van der Waals surface area contributed by atoms with Gasteiger partial charge in [0.15, 0.2) is 0 Å². The maximum atomic E-state index is 12.6. The zero-order valence-electron chi connectivity index (χ0n) is 14.9. The van der Waals surface area contributed by atoms with Crippen molar-refractivity contribution in [2.45, 2.75) is 50.6 Å². The fourth-order valence-corrected chi connectivity index (χ4v) is 4.21. The lowest BCUT2D eigenvalue weighted by atomic mass is 9.92. The molecule has 0 aliphatic carbocycles. The lowest BCUT2D eigenvalue weighted by Gasteiger charge is -2.34. The van der Waals surface area contributed by atoms with E-state index in [1.165, 1.54) is 12.1 Å². The number of nitrogens with zero attached hydrogens (tertiary/aromatic N) is 1. The van der Waals surface area contributed by atoms with Crippen molar-refractivity contribution >= 4 is 28.3 Å². The van der Waals surface area contributed by atoms with E-state index in [0.29, 0.717) is 18.0 Å². The number of nitrogens with two attached hydrogens (primary N) is 1. The number of hydrogen-bond donors (Lipinski definition) is 2. The SMILES string of the molecule is CC(C)NS(=O)(=O)c1ccc(C(=O)N2CCCC(C(C)N)C2)cc1.Cl. The summed E-state index contributed by atoms with van der Waals surface area (Å²) in [5.41, 5.74) is 6.47. The predicted octanol–water partition coefficient (Wildman–Crippen LogP) is 1.99. The fourth-order valence-electron chi connectivity index (χ4n) is 2.96. The zero-order valence-corrected chi connectivity index (χ0v) is 16.6. The van der Waals surface area contributed by atoms with Crippen LogP contribution in [0.25, 0.3) is 0 Å². The second-order valence-electron chi connectivity index (χ2n) is 6.81. The first-order chi connectivity index (χ1) is 11.2. The average Bonchev–Trinajstić information content (AvgIpc) is 2.53. The number of likely N-dealkylation sites (tertiary alicyclic amines) is 1. The molecule has 0 spiro atoms. The maximum Gasteiger partial charge on any atom is 0.253 e. The van der Waals surface area contributed by atoms with E-state index < -0.39 is 10.0 Å². The first-order valence-electron chi connectivity index (χ1n) is 8.38. The Kier molecular flexibility index (Phi) is 7.87. The van der Waals surface area contributed by atoms with Gasteiger partial charge >= 0.3 is 0 Å². The number of carbonyl (C=O) groups excluding carboxylic acids is 1. The topological polar surface area (TPSA) is 92.5 Å². The molecule has 142 valence electrons. The van der Waals surface area contributed by atoms with Crippen molar-refractivity contribution < 1.29 is 13.2 Å². The number of hydrogen-bond acceptors (Lipinski definition) is 4. The number of benzene rings is 1. The van der Waals surface area contributed by atoms with Crippen LogP contribution >= 0.6 is 12.4 Å². The Morgan fingerprint density at radius 3 is 2.36 bits per heavy atom. The highest BCUT2D eigenvalue weighted by Gasteiger charge is 2.26. The molecule has 25 heavy (non-hydrogen) atoms. The van der Waals surface area contributed by atoms with Gasteiger partial charge in [-0.05, 0) is 63.8 Å². The summed E-state index contributed by atoms with van der Waals surface area (Å²) < 4.78 is 26.8. The maximum absolute atomic E-state index is 12.6. The molecule has 3 N–H and O–H groups in total. The Bertz CT molecular complexity index is 675. The van der Waals surface area contributed by atoms with Gasteiger partial charge < -0.3 is 10.6 Å². The van der Waals surface area contributed by atoms with E-state index in [2.05, 4.69) is 4.72 Å². The molecule has 0 radical (unpaired) electrons. The summed E-state index contributed by atoms with van der Waals surface area (Å²) >= 11 is 0. The Morgan fingerprint density at radius 2 is 1.84 bits per heavy atom. The van der Waals surface area contributed by atoms with Crippen molar-refractivity contribution in [1.29, 1.82) is 0 Å². The minimum absolute atomic E-state index is 0. The summed E-state index contributed by atoms with van der Waals surface area (Å²) in [6, 6.07) is 5.99. The molecule has 2 atom stereocenters. The third-order valence-corrected chi connectivity index (χ3v) is 5.97. The van der Waals surface area contributed by atoms with Crippen LogP contribution < -0.4 is 10.5 Å². The van der Waals surface area contributed by atoms with E-state index in [0.717, 1.165) is 19.4 Å². The van der Waals surface area contributed by atoms with Gasteiger partial charge in [0.05, 0.1) is 4.90 Å². The van der Waals surface area contributed by atoms with E-state index >= 15 is 0 Å². The minimum Gasteiger partial charge on any atom is -0.338 e. The van der Waals surface area contributed by atoms with Gasteiger partial charge in [-0.25, -0.2) is 13.1 Å². The molecule has 2 rings (SSSR count). The number of halogens is 1. The quantitative estimate of drug-likeness (QED) is 0.805. The molecule has 1 aliphatic heterocycles. The second-order valence-corrected chi connectivity index (χ2v) is 8.53. The molecule has 8 heteroatoms. The fraction of sp³-hybridized carbons (Fsp3) is 0.588. The highest BCUT2D eigenvalue weighted by atomic mass is 35.5. The molecular formula is C17H28ClN3O3S. The predicted molar refractivity (Wildman–Crippen MR) is 101 cm³/mol. The van der Waals surface area contributed by atoms with Crippen LogP contribution in [0.1, 0.15) is 44.0 Å². The molecule has 1 saturated heterocycles. The van der Waals surface area contributed by atoms with Crippen molar-refractivity contribution in [3.8, 4) is 0 Å². The molecule has 1 heterocycles. The summed E-state index contributed by atoms with van der Waals surface area (Å²) in [6.45, 7) is 6.88. The first kappa shape index (κ1) is 21.9. The molecule has 0 aromatic heterocycles. The van der Waals surface area contributed by atoms with Crippen LogP contribution in [0.15, 0.2) is 29.2 Å². The van der Waals surface area contributed by atoms with Crippen LogP contribution in [0.2, 0.25) is 0 Å². The lowest BCUT2D eigenvalue weighted by Crippen LogP contribution is -2.45. The number of sulfonamides is 1. The highest BCUT2D eigenvalue weighted by Crippen LogP contribution is 2.21. The molecule has 0 saturated carbocycles. The lowest BCUT2D eigenvalue weighted by molar-refractivity contribution is 0.0661.